The highest BCUT2D eigenvalue weighted by Crippen LogP contribution is 2.25. The van der Waals surface area contributed by atoms with Gasteiger partial charge in [-0.1, -0.05) is 18.2 Å². The van der Waals surface area contributed by atoms with Crippen LogP contribution >= 0.6 is 0 Å². The third-order valence-corrected chi connectivity index (χ3v) is 3.87. The molecule has 1 aromatic carbocycles. The van der Waals surface area contributed by atoms with Gasteiger partial charge >= 0.3 is 0 Å². The van der Waals surface area contributed by atoms with E-state index in [-0.39, 0.29) is 11.9 Å². The number of nitrogens with one attached hydrogen (secondary N) is 1. The van der Waals surface area contributed by atoms with Crippen LogP contribution in [-0.2, 0) is 24.4 Å². The summed E-state index contributed by atoms with van der Waals surface area (Å²) in [5, 5.41) is 7.56. The van der Waals surface area contributed by atoms with Crippen molar-refractivity contribution in [2.45, 2.75) is 39.5 Å². The Morgan fingerprint density at radius 1 is 1.38 bits per heavy atom. The summed E-state index contributed by atoms with van der Waals surface area (Å²) in [5.74, 6) is 0.101. The van der Waals surface area contributed by atoms with E-state index in [9.17, 15) is 4.79 Å². The maximum Gasteiger partial charge on any atom is 0.244 e. The van der Waals surface area contributed by atoms with Crippen molar-refractivity contribution >= 4 is 11.6 Å². The van der Waals surface area contributed by atoms with Gasteiger partial charge < -0.3 is 10.2 Å². The lowest BCUT2D eigenvalue weighted by Crippen LogP contribution is -2.41. The quantitative estimate of drug-likeness (QED) is 0.937. The highest BCUT2D eigenvalue weighted by atomic mass is 16.2. The maximum absolute atomic E-state index is 12.6. The summed E-state index contributed by atoms with van der Waals surface area (Å²) in [4.78, 5) is 14.5. The van der Waals surface area contributed by atoms with E-state index in [1.54, 1.807) is 0 Å². The molecule has 0 saturated carbocycles. The second kappa shape index (κ2) is 5.69. The van der Waals surface area contributed by atoms with Crippen molar-refractivity contribution in [3.63, 3.8) is 0 Å². The monoisotopic (exact) mass is 284 g/mol. The van der Waals surface area contributed by atoms with Crippen molar-refractivity contribution in [1.82, 2.24) is 15.1 Å². The number of benzene rings is 1. The van der Waals surface area contributed by atoms with Gasteiger partial charge in [0, 0.05) is 30.5 Å². The molecule has 0 radical (unpaired) electrons. The summed E-state index contributed by atoms with van der Waals surface area (Å²) in [7, 11) is 0. The zero-order valence-electron chi connectivity index (χ0n) is 12.4. The first kappa shape index (κ1) is 13.8. The van der Waals surface area contributed by atoms with E-state index < -0.39 is 0 Å². The number of carbonyl (C=O) groups is 1. The van der Waals surface area contributed by atoms with Crippen LogP contribution in [0.25, 0.3) is 0 Å². The average molecular weight is 284 g/mol. The highest BCUT2D eigenvalue weighted by Gasteiger charge is 2.27. The van der Waals surface area contributed by atoms with Gasteiger partial charge in [0.15, 0.2) is 0 Å². The smallest absolute Gasteiger partial charge is 0.244 e. The van der Waals surface area contributed by atoms with E-state index in [1.165, 1.54) is 0 Å². The Hall–Kier alpha value is -2.14. The molecule has 1 unspecified atom stereocenters. The SMILES string of the molecule is CCn1cc(CN2C(=O)C(C)NCc3ccccc32)cn1. The van der Waals surface area contributed by atoms with Crippen LogP contribution in [0.15, 0.2) is 36.7 Å². The summed E-state index contributed by atoms with van der Waals surface area (Å²) in [6.07, 6.45) is 3.83. The molecule has 1 aliphatic rings. The molecule has 5 nitrogen and oxygen atoms in total. The molecule has 1 atom stereocenters. The van der Waals surface area contributed by atoms with E-state index in [4.69, 9.17) is 0 Å². The molecule has 3 rings (SSSR count). The second-order valence-electron chi connectivity index (χ2n) is 5.36. The van der Waals surface area contributed by atoms with Crippen LogP contribution in [0.5, 0.6) is 0 Å². The molecule has 1 N–H and O–H groups in total. The molecule has 21 heavy (non-hydrogen) atoms. The molecule has 0 bridgehead atoms. The minimum atomic E-state index is -0.182. The van der Waals surface area contributed by atoms with E-state index in [0.717, 1.165) is 23.4 Å². The van der Waals surface area contributed by atoms with Crippen molar-refractivity contribution in [2.24, 2.45) is 0 Å². The van der Waals surface area contributed by atoms with Gasteiger partial charge in [-0.15, -0.1) is 0 Å². The minimum absolute atomic E-state index is 0.101. The van der Waals surface area contributed by atoms with Gasteiger partial charge in [-0.05, 0) is 25.5 Å². The predicted molar refractivity (Wildman–Crippen MR) is 81.8 cm³/mol. The van der Waals surface area contributed by atoms with Gasteiger partial charge in [-0.2, -0.15) is 5.10 Å². The molecule has 5 heteroatoms. The number of aromatic nitrogens is 2. The van der Waals surface area contributed by atoms with E-state index >= 15 is 0 Å². The maximum atomic E-state index is 12.6. The fraction of sp³-hybridized carbons (Fsp3) is 0.375. The third kappa shape index (κ3) is 2.69. The third-order valence-electron chi connectivity index (χ3n) is 3.87. The number of amides is 1. The summed E-state index contributed by atoms with van der Waals surface area (Å²) in [6, 6.07) is 7.88. The molecule has 0 fully saturated rings. The lowest BCUT2D eigenvalue weighted by molar-refractivity contribution is -0.120. The number of fused-ring (bicyclic) bond motifs is 1. The molecule has 110 valence electrons. The first-order valence-corrected chi connectivity index (χ1v) is 7.33. The van der Waals surface area contributed by atoms with Crippen molar-refractivity contribution < 1.29 is 4.79 Å². The predicted octanol–water partition coefficient (Wildman–Crippen LogP) is 1.93. The Labute approximate surface area is 124 Å². The molecule has 0 saturated heterocycles. The van der Waals surface area contributed by atoms with E-state index in [1.807, 2.05) is 47.1 Å². The Morgan fingerprint density at radius 3 is 2.95 bits per heavy atom. The molecule has 1 aromatic heterocycles. The van der Waals surface area contributed by atoms with Crippen LogP contribution in [0.4, 0.5) is 5.69 Å². The molecule has 2 heterocycles. The van der Waals surface area contributed by atoms with Crippen molar-refractivity contribution in [3.05, 3.63) is 47.8 Å². The summed E-state index contributed by atoms with van der Waals surface area (Å²) >= 11 is 0. The van der Waals surface area contributed by atoms with Gasteiger partial charge in [-0.3, -0.25) is 9.48 Å². The standard InChI is InChI=1S/C16H20N4O/c1-3-19-10-13(8-18-19)11-20-15-7-5-4-6-14(15)9-17-12(2)16(20)21/h4-8,10,12,17H,3,9,11H2,1-2H3. The van der Waals surface area contributed by atoms with E-state index in [2.05, 4.69) is 23.4 Å². The molecule has 1 amide bonds. The van der Waals surface area contributed by atoms with Crippen molar-refractivity contribution in [3.8, 4) is 0 Å². The number of para-hydroxylation sites is 1. The van der Waals surface area contributed by atoms with Gasteiger partial charge in [0.05, 0.1) is 18.8 Å². The van der Waals surface area contributed by atoms with Crippen molar-refractivity contribution in [1.29, 1.82) is 0 Å². The molecular formula is C16H20N4O. The lowest BCUT2D eigenvalue weighted by atomic mass is 10.1. The van der Waals surface area contributed by atoms with E-state index in [0.29, 0.717) is 13.1 Å². The van der Waals surface area contributed by atoms with Crippen molar-refractivity contribution in [2.75, 3.05) is 4.90 Å². The number of aryl methyl sites for hydroxylation is 1. The molecule has 2 aromatic rings. The number of nitrogens with zero attached hydrogens (tertiary/aromatic N) is 3. The first-order chi connectivity index (χ1) is 10.2. The number of hydrogen-bond acceptors (Lipinski definition) is 3. The molecule has 0 spiro atoms. The largest absolute Gasteiger partial charge is 0.306 e. The average Bonchev–Trinajstić information content (AvgIpc) is 2.93. The van der Waals surface area contributed by atoms with Crippen LogP contribution in [0.2, 0.25) is 0 Å². The van der Waals surface area contributed by atoms with Crippen LogP contribution < -0.4 is 10.2 Å². The number of anilines is 1. The zero-order chi connectivity index (χ0) is 14.8. The molecular weight excluding hydrogens is 264 g/mol. The zero-order valence-corrected chi connectivity index (χ0v) is 12.4. The number of hydrogen-bond donors (Lipinski definition) is 1. The lowest BCUT2D eigenvalue weighted by Gasteiger charge is -2.23. The topological polar surface area (TPSA) is 50.2 Å². The molecule has 1 aliphatic heterocycles. The Morgan fingerprint density at radius 2 is 2.19 bits per heavy atom. The van der Waals surface area contributed by atoms with Crippen LogP contribution in [0, 0.1) is 0 Å². The first-order valence-electron chi connectivity index (χ1n) is 7.33. The summed E-state index contributed by atoms with van der Waals surface area (Å²) < 4.78 is 1.88. The Kier molecular flexibility index (Phi) is 3.75. The Balaban J connectivity index is 1.95. The highest BCUT2D eigenvalue weighted by molar-refractivity contribution is 5.98. The molecule has 0 aliphatic carbocycles. The number of carbonyl (C=O) groups excluding carboxylic acids is 1. The second-order valence-corrected chi connectivity index (χ2v) is 5.36. The van der Waals surface area contributed by atoms with Gasteiger partial charge in [-0.25, -0.2) is 0 Å². The minimum Gasteiger partial charge on any atom is -0.306 e. The summed E-state index contributed by atoms with van der Waals surface area (Å²) in [6.45, 7) is 6.07. The van der Waals surface area contributed by atoms with Gasteiger partial charge in [0.25, 0.3) is 0 Å². The van der Waals surface area contributed by atoms with Crippen LogP contribution in [0.1, 0.15) is 25.0 Å². The van der Waals surface area contributed by atoms with Gasteiger partial charge in [0.2, 0.25) is 5.91 Å². The normalized spacial score (nSPS) is 18.5. The number of rotatable bonds is 3. The summed E-state index contributed by atoms with van der Waals surface area (Å²) in [5.41, 5.74) is 3.19. The van der Waals surface area contributed by atoms with Crippen LogP contribution in [0.3, 0.4) is 0 Å². The Bertz CT molecular complexity index is 649. The fourth-order valence-electron chi connectivity index (χ4n) is 2.63. The van der Waals surface area contributed by atoms with Gasteiger partial charge in [0.1, 0.15) is 0 Å². The van der Waals surface area contributed by atoms with Crippen LogP contribution in [-0.4, -0.2) is 21.7 Å². The fourth-order valence-corrected chi connectivity index (χ4v) is 2.63.